The number of furan rings is 2. The van der Waals surface area contributed by atoms with Gasteiger partial charge in [0.2, 0.25) is 0 Å². The summed E-state index contributed by atoms with van der Waals surface area (Å²) in [7, 11) is 0. The van der Waals surface area contributed by atoms with Crippen LogP contribution in [0.5, 0.6) is 0 Å². The number of rotatable bonds is 2. The van der Waals surface area contributed by atoms with Gasteiger partial charge in [-0.05, 0) is 73.8 Å². The highest BCUT2D eigenvalue weighted by molar-refractivity contribution is 6.23. The molecule has 0 bridgehead atoms. The number of hydrogen-bond acceptors (Lipinski definition) is 2. The summed E-state index contributed by atoms with van der Waals surface area (Å²) in [6, 6.07) is 1.95. The number of benzene rings is 7. The highest BCUT2D eigenvalue weighted by Gasteiger charge is 2.20. The van der Waals surface area contributed by atoms with Gasteiger partial charge in [-0.1, -0.05) is 103 Å². The van der Waals surface area contributed by atoms with E-state index in [1.165, 1.54) is 0 Å². The number of hydrogen-bond donors (Lipinski definition) is 0. The largest absolute Gasteiger partial charge is 0.456 e. The van der Waals surface area contributed by atoms with Gasteiger partial charge in [0.05, 0.1) is 20.6 Å². The molecular formula is C38H22O2. The molecule has 0 aliphatic carbocycles. The van der Waals surface area contributed by atoms with Crippen LogP contribution in [0.15, 0.2) is 142 Å². The molecular weight excluding hydrogens is 488 g/mol. The third-order valence-corrected chi connectivity index (χ3v) is 7.16. The molecule has 0 N–H and O–H groups in total. The Morgan fingerprint density at radius 2 is 1.10 bits per heavy atom. The molecule has 2 aromatic heterocycles. The number of para-hydroxylation sites is 1. The van der Waals surface area contributed by atoms with Crippen LogP contribution in [0.1, 0.15) is 20.6 Å². The zero-order chi connectivity index (χ0) is 39.3. The lowest BCUT2D eigenvalue weighted by Crippen LogP contribution is -1.90. The lowest BCUT2D eigenvalue weighted by Gasteiger charge is -2.16. The Hall–Kier alpha value is -5.34. The van der Waals surface area contributed by atoms with Crippen molar-refractivity contribution < 1.29 is 29.4 Å². The van der Waals surface area contributed by atoms with Crippen molar-refractivity contribution in [1.29, 1.82) is 0 Å². The van der Waals surface area contributed by atoms with Crippen molar-refractivity contribution in [3.05, 3.63) is 133 Å². The maximum absolute atomic E-state index is 9.37. The predicted octanol–water partition coefficient (Wildman–Crippen LogP) is 11.1. The summed E-state index contributed by atoms with van der Waals surface area (Å²) in [5, 5.41) is -0.0819. The number of fused-ring (bicyclic) bond motifs is 8. The molecule has 0 aliphatic heterocycles. The van der Waals surface area contributed by atoms with Crippen LogP contribution in [-0.2, 0) is 0 Å². The first-order chi connectivity index (χ1) is 26.1. The lowest BCUT2D eigenvalue weighted by molar-refractivity contribution is 0.632. The zero-order valence-corrected chi connectivity index (χ0v) is 20.4. The van der Waals surface area contributed by atoms with Crippen molar-refractivity contribution in [1.82, 2.24) is 0 Å². The molecule has 0 spiro atoms. The topological polar surface area (TPSA) is 26.3 Å². The van der Waals surface area contributed by atoms with Gasteiger partial charge in [0, 0.05) is 21.7 Å². The van der Waals surface area contributed by atoms with Crippen LogP contribution in [0.2, 0.25) is 0 Å². The molecule has 0 fully saturated rings. The third kappa shape index (κ3) is 2.99. The van der Waals surface area contributed by atoms with Crippen LogP contribution in [0, 0.1) is 0 Å². The molecule has 9 aromatic rings. The van der Waals surface area contributed by atoms with Gasteiger partial charge >= 0.3 is 0 Å². The van der Waals surface area contributed by atoms with E-state index >= 15 is 0 Å². The molecule has 40 heavy (non-hydrogen) atoms. The molecule has 0 saturated carbocycles. The first-order valence-corrected chi connectivity index (χ1v) is 12.4. The predicted molar refractivity (Wildman–Crippen MR) is 167 cm³/mol. The fraction of sp³-hybridized carbons (Fsp3) is 0. The molecule has 7 aromatic carbocycles. The quantitative estimate of drug-likeness (QED) is 0.210. The molecule has 0 amide bonds. The van der Waals surface area contributed by atoms with Crippen molar-refractivity contribution >= 4 is 65.2 Å². The van der Waals surface area contributed by atoms with Gasteiger partial charge in [-0.3, -0.25) is 0 Å². The highest BCUT2D eigenvalue weighted by Crippen LogP contribution is 2.46. The molecule has 0 aliphatic rings. The van der Waals surface area contributed by atoms with Crippen LogP contribution in [-0.4, -0.2) is 0 Å². The van der Waals surface area contributed by atoms with E-state index in [9.17, 15) is 8.22 Å². The normalized spacial score (nSPS) is 17.2. The van der Waals surface area contributed by atoms with Gasteiger partial charge < -0.3 is 8.83 Å². The van der Waals surface area contributed by atoms with Crippen LogP contribution in [0.3, 0.4) is 0 Å². The molecule has 0 saturated heterocycles. The fourth-order valence-corrected chi connectivity index (χ4v) is 5.49. The summed E-state index contributed by atoms with van der Waals surface area (Å²) in [5.41, 5.74) is 0.437. The van der Waals surface area contributed by atoms with Crippen molar-refractivity contribution in [2.75, 3.05) is 0 Å². The van der Waals surface area contributed by atoms with Gasteiger partial charge in [-0.25, -0.2) is 0 Å². The van der Waals surface area contributed by atoms with E-state index in [4.69, 9.17) is 21.2 Å². The van der Waals surface area contributed by atoms with Gasteiger partial charge in [0.1, 0.15) is 22.5 Å². The summed E-state index contributed by atoms with van der Waals surface area (Å²) in [6.07, 6.45) is 0. The SMILES string of the molecule is [2H]c1c([2H])c([2H])c2c([2H])c(-c3c4c([2H])c([2H])c([2H])c([2H])c4c(-c4cc5c(ccc6oc7ccccc7c65)o4)c4c([2H])c([2H])c([2H])c([2H])c34)c([2H])c([2H])c2c1[2H]. The second kappa shape index (κ2) is 8.08. The van der Waals surface area contributed by atoms with E-state index in [0.29, 0.717) is 27.5 Å². The first kappa shape index (κ1) is 11.8. The van der Waals surface area contributed by atoms with Crippen LogP contribution in [0.25, 0.3) is 87.7 Å². The van der Waals surface area contributed by atoms with Crippen molar-refractivity contribution in [3.8, 4) is 22.5 Å². The van der Waals surface area contributed by atoms with Crippen LogP contribution in [0.4, 0.5) is 0 Å². The van der Waals surface area contributed by atoms with Gasteiger partial charge in [0.25, 0.3) is 0 Å². The van der Waals surface area contributed by atoms with Gasteiger partial charge in [-0.15, -0.1) is 0 Å². The first-order valence-electron chi connectivity index (χ1n) is 19.9. The molecule has 2 heteroatoms. The van der Waals surface area contributed by atoms with Crippen molar-refractivity contribution in [2.24, 2.45) is 0 Å². The van der Waals surface area contributed by atoms with Crippen LogP contribution >= 0.6 is 0 Å². The van der Waals surface area contributed by atoms with E-state index in [1.807, 2.05) is 18.2 Å². The maximum atomic E-state index is 9.37. The Balaban J connectivity index is 1.58. The van der Waals surface area contributed by atoms with Crippen molar-refractivity contribution in [3.63, 3.8) is 0 Å². The molecule has 2 nitrogen and oxygen atoms in total. The summed E-state index contributed by atoms with van der Waals surface area (Å²) in [6.45, 7) is 0. The molecule has 0 radical (unpaired) electrons. The average Bonchev–Trinajstić information content (AvgIpc) is 3.78. The molecule has 0 unspecified atom stereocenters. The van der Waals surface area contributed by atoms with E-state index in [0.717, 1.165) is 5.39 Å². The van der Waals surface area contributed by atoms with E-state index in [2.05, 4.69) is 0 Å². The smallest absolute Gasteiger partial charge is 0.136 e. The van der Waals surface area contributed by atoms with Crippen LogP contribution < -0.4 is 0 Å². The molecule has 2 heterocycles. The third-order valence-electron chi connectivity index (χ3n) is 7.16. The maximum Gasteiger partial charge on any atom is 0.136 e. The minimum atomic E-state index is -0.754. The Morgan fingerprint density at radius 1 is 0.475 bits per heavy atom. The summed E-state index contributed by atoms with van der Waals surface area (Å²) in [4.78, 5) is 0. The van der Waals surface area contributed by atoms with Crippen molar-refractivity contribution in [2.45, 2.75) is 0 Å². The zero-order valence-electron chi connectivity index (χ0n) is 35.4. The Kier molecular flexibility index (Phi) is 2.39. The summed E-state index contributed by atoms with van der Waals surface area (Å²) in [5.74, 6) is -0.0182. The molecule has 0 atom stereocenters. The summed E-state index contributed by atoms with van der Waals surface area (Å²) >= 11 is 0. The Morgan fingerprint density at radius 3 is 1.88 bits per heavy atom. The van der Waals surface area contributed by atoms with E-state index in [1.54, 1.807) is 24.3 Å². The molecule has 9 rings (SSSR count). The lowest BCUT2D eigenvalue weighted by atomic mass is 9.87. The second-order valence-electron chi connectivity index (χ2n) is 9.31. The van der Waals surface area contributed by atoms with Gasteiger partial charge in [-0.2, -0.15) is 0 Å². The Labute approximate surface area is 250 Å². The second-order valence-corrected chi connectivity index (χ2v) is 9.31. The average molecular weight is 526 g/mol. The minimum Gasteiger partial charge on any atom is -0.456 e. The molecule has 186 valence electrons. The minimum absolute atomic E-state index is 0.0182. The standard InChI is InChI=1S/C38H22O2/c1-2-10-24-21-25(18-17-23(24)9-1)36-26-11-3-5-13-28(26)37(29-14-6-4-12-27(29)36)35-22-31-33(40-35)19-20-34-38(31)30-15-7-8-16-32(30)39-34/h1-22H/i1D,2D,3D,4D,5D,6D,9D,10D,11D,12D,13D,14D,17D,18D,21D. The highest BCUT2D eigenvalue weighted by atomic mass is 16.3. The fourth-order valence-electron chi connectivity index (χ4n) is 5.49. The Bertz CT molecular complexity index is 3190. The summed E-state index contributed by atoms with van der Waals surface area (Å²) < 4.78 is 145. The monoisotopic (exact) mass is 525 g/mol. The van der Waals surface area contributed by atoms with Gasteiger partial charge in [0.15, 0.2) is 0 Å². The van der Waals surface area contributed by atoms with E-state index in [-0.39, 0.29) is 32.9 Å². The van der Waals surface area contributed by atoms with E-state index < -0.39 is 113 Å².